The van der Waals surface area contributed by atoms with Gasteiger partial charge in [-0.15, -0.1) is 0 Å². The summed E-state index contributed by atoms with van der Waals surface area (Å²) in [6.45, 7) is 5.40. The lowest BCUT2D eigenvalue weighted by atomic mass is 10.0. The molecule has 0 aromatic carbocycles. The molecule has 2 unspecified atom stereocenters. The maximum absolute atomic E-state index is 12.8. The zero-order valence-corrected chi connectivity index (χ0v) is 46.9. The quantitative estimate of drug-likeness (QED) is 0.0197. The zero-order chi connectivity index (χ0) is 50.5. The standard InChI is InChI=1S/C60H112NO7P/c1-6-8-10-12-14-16-18-20-22-24-26-28-30-32-34-36-38-40-42-44-46-48-50-52-55-65-57-59(58-67-69(63,64)66-56-54-61(3,4)5)68-60(62)53-51-49-47-45-43-41-39-37-35-33-31-29-27-25-23-21-19-17-15-13-11-9-7-2/h18-21,24-27,30,32,59H,6-17,22-23,28-29,31,33-58H2,1-5H3/b20-18-,21-19-,26-24-,27-25-,32-30-. The zero-order valence-electron chi connectivity index (χ0n) is 46.0. The summed E-state index contributed by atoms with van der Waals surface area (Å²) >= 11 is 0. The summed E-state index contributed by atoms with van der Waals surface area (Å²) in [6.07, 6.45) is 68.3. The number of allylic oxidation sites excluding steroid dienone is 10. The first kappa shape index (κ1) is 67.2. The highest BCUT2D eigenvalue weighted by molar-refractivity contribution is 7.45. The van der Waals surface area contributed by atoms with Crippen molar-refractivity contribution in [3.05, 3.63) is 60.8 Å². The number of esters is 1. The Morgan fingerprint density at radius 1 is 0.449 bits per heavy atom. The molecule has 0 fully saturated rings. The van der Waals surface area contributed by atoms with Crippen molar-refractivity contribution >= 4 is 13.8 Å². The van der Waals surface area contributed by atoms with Crippen LogP contribution < -0.4 is 4.89 Å². The van der Waals surface area contributed by atoms with Crippen LogP contribution in [0.4, 0.5) is 0 Å². The SMILES string of the molecule is CCCCCCC/C=C\C/C=C\C/C=C\CCCCCCCCCCCOCC(COP(=O)([O-])OCC[N+](C)(C)C)OC(=O)CCCCCCCCCCCCC/C=C\C/C=C\CCCCCCC. The Morgan fingerprint density at radius 3 is 1.19 bits per heavy atom. The number of phosphoric acid groups is 1. The molecule has 404 valence electrons. The van der Waals surface area contributed by atoms with E-state index in [-0.39, 0.29) is 25.8 Å². The predicted molar refractivity (Wildman–Crippen MR) is 296 cm³/mol. The lowest BCUT2D eigenvalue weighted by Gasteiger charge is -2.28. The third-order valence-electron chi connectivity index (χ3n) is 12.5. The fraction of sp³-hybridized carbons (Fsp3) is 0.817. The van der Waals surface area contributed by atoms with Gasteiger partial charge in [0.05, 0.1) is 34.4 Å². The average molecular weight is 991 g/mol. The first-order valence-electron chi connectivity index (χ1n) is 29.0. The monoisotopic (exact) mass is 990 g/mol. The van der Waals surface area contributed by atoms with Crippen molar-refractivity contribution in [2.75, 3.05) is 54.1 Å². The molecule has 0 saturated heterocycles. The van der Waals surface area contributed by atoms with E-state index >= 15 is 0 Å². The molecule has 69 heavy (non-hydrogen) atoms. The number of hydrogen-bond donors (Lipinski definition) is 0. The molecule has 0 aliphatic heterocycles. The lowest BCUT2D eigenvalue weighted by molar-refractivity contribution is -0.870. The number of carbonyl (C=O) groups excluding carboxylic acids is 1. The molecule has 0 aliphatic carbocycles. The Bertz CT molecular complexity index is 1290. The first-order chi connectivity index (χ1) is 33.6. The average Bonchev–Trinajstić information content (AvgIpc) is 3.31. The van der Waals surface area contributed by atoms with Crippen LogP contribution in [-0.2, 0) is 27.9 Å². The van der Waals surface area contributed by atoms with Gasteiger partial charge in [-0.2, -0.15) is 0 Å². The highest BCUT2D eigenvalue weighted by atomic mass is 31.2. The van der Waals surface area contributed by atoms with E-state index in [9.17, 15) is 14.3 Å². The number of ether oxygens (including phenoxy) is 2. The van der Waals surface area contributed by atoms with Crippen molar-refractivity contribution in [1.29, 1.82) is 0 Å². The van der Waals surface area contributed by atoms with Crippen LogP contribution in [0.1, 0.15) is 258 Å². The molecule has 9 heteroatoms. The van der Waals surface area contributed by atoms with E-state index in [0.29, 0.717) is 24.1 Å². The Morgan fingerprint density at radius 2 is 0.797 bits per heavy atom. The van der Waals surface area contributed by atoms with E-state index in [1.54, 1.807) is 0 Å². The second-order valence-electron chi connectivity index (χ2n) is 20.6. The maximum atomic E-state index is 12.8. The van der Waals surface area contributed by atoms with Gasteiger partial charge in [0.2, 0.25) is 0 Å². The Kier molecular flexibility index (Phi) is 51.2. The normalized spacial score (nSPS) is 13.9. The van der Waals surface area contributed by atoms with Crippen LogP contribution >= 0.6 is 7.82 Å². The minimum Gasteiger partial charge on any atom is -0.756 e. The van der Waals surface area contributed by atoms with Crippen LogP contribution in [-0.4, -0.2) is 70.7 Å². The second kappa shape index (κ2) is 52.5. The minimum atomic E-state index is -4.54. The smallest absolute Gasteiger partial charge is 0.306 e. The van der Waals surface area contributed by atoms with Crippen molar-refractivity contribution in [3.63, 3.8) is 0 Å². The molecule has 0 aromatic heterocycles. The molecule has 0 radical (unpaired) electrons. The largest absolute Gasteiger partial charge is 0.756 e. The van der Waals surface area contributed by atoms with E-state index in [1.807, 2.05) is 21.1 Å². The molecule has 8 nitrogen and oxygen atoms in total. The van der Waals surface area contributed by atoms with Gasteiger partial charge in [0.15, 0.2) is 0 Å². The molecule has 0 bridgehead atoms. The molecular weight excluding hydrogens is 878 g/mol. The fourth-order valence-corrected chi connectivity index (χ4v) is 8.78. The lowest BCUT2D eigenvalue weighted by Crippen LogP contribution is -2.37. The summed E-state index contributed by atoms with van der Waals surface area (Å²) in [5, 5.41) is 0. The fourth-order valence-electron chi connectivity index (χ4n) is 8.06. The van der Waals surface area contributed by atoms with E-state index in [1.165, 1.54) is 186 Å². The van der Waals surface area contributed by atoms with Gasteiger partial charge in [-0.1, -0.05) is 229 Å². The number of rotatable bonds is 54. The molecule has 0 amide bonds. The highest BCUT2D eigenvalue weighted by Crippen LogP contribution is 2.38. The van der Waals surface area contributed by atoms with Crippen LogP contribution in [0.2, 0.25) is 0 Å². The van der Waals surface area contributed by atoms with Gasteiger partial charge >= 0.3 is 5.97 Å². The summed E-state index contributed by atoms with van der Waals surface area (Å²) in [5.41, 5.74) is 0. The van der Waals surface area contributed by atoms with Gasteiger partial charge in [-0.25, -0.2) is 0 Å². The van der Waals surface area contributed by atoms with Gasteiger partial charge in [-0.05, 0) is 83.5 Å². The Hall–Kier alpha value is -1.80. The predicted octanol–water partition coefficient (Wildman–Crippen LogP) is 17.8. The molecule has 0 N–H and O–H groups in total. The van der Waals surface area contributed by atoms with Crippen LogP contribution in [0.5, 0.6) is 0 Å². The highest BCUT2D eigenvalue weighted by Gasteiger charge is 2.20. The van der Waals surface area contributed by atoms with Gasteiger partial charge in [0, 0.05) is 13.0 Å². The summed E-state index contributed by atoms with van der Waals surface area (Å²) in [6, 6.07) is 0. The van der Waals surface area contributed by atoms with Crippen molar-refractivity contribution < 1.29 is 37.3 Å². The van der Waals surface area contributed by atoms with E-state index in [4.69, 9.17) is 18.5 Å². The van der Waals surface area contributed by atoms with Crippen LogP contribution in [0, 0.1) is 0 Å². The van der Waals surface area contributed by atoms with Crippen molar-refractivity contribution in [2.45, 2.75) is 264 Å². The third kappa shape index (κ3) is 57.0. The molecule has 0 aliphatic rings. The molecule has 0 heterocycles. The number of nitrogens with zero attached hydrogens (tertiary/aromatic N) is 1. The minimum absolute atomic E-state index is 0.0229. The van der Waals surface area contributed by atoms with Gasteiger partial charge in [0.1, 0.15) is 19.3 Å². The Labute approximate surface area is 428 Å². The van der Waals surface area contributed by atoms with Gasteiger partial charge in [0.25, 0.3) is 7.82 Å². The number of phosphoric ester groups is 1. The summed E-state index contributed by atoms with van der Waals surface area (Å²) < 4.78 is 34.9. The van der Waals surface area contributed by atoms with E-state index < -0.39 is 13.9 Å². The van der Waals surface area contributed by atoms with Crippen molar-refractivity contribution in [1.82, 2.24) is 0 Å². The number of quaternary nitrogens is 1. The molecular formula is C60H112NO7P. The number of unbranched alkanes of at least 4 members (excludes halogenated alkanes) is 30. The van der Waals surface area contributed by atoms with Crippen LogP contribution in [0.25, 0.3) is 0 Å². The Balaban J connectivity index is 4.10. The molecule has 2 atom stereocenters. The summed E-state index contributed by atoms with van der Waals surface area (Å²) in [5.74, 6) is -0.337. The van der Waals surface area contributed by atoms with Crippen molar-refractivity contribution in [2.24, 2.45) is 0 Å². The third-order valence-corrected chi connectivity index (χ3v) is 13.5. The van der Waals surface area contributed by atoms with Crippen LogP contribution in [0.3, 0.4) is 0 Å². The maximum Gasteiger partial charge on any atom is 0.306 e. The molecule has 0 aromatic rings. The van der Waals surface area contributed by atoms with Gasteiger partial charge < -0.3 is 27.9 Å². The van der Waals surface area contributed by atoms with Gasteiger partial charge in [-0.3, -0.25) is 9.36 Å². The molecule has 0 spiro atoms. The van der Waals surface area contributed by atoms with E-state index in [0.717, 1.165) is 51.4 Å². The summed E-state index contributed by atoms with van der Waals surface area (Å²) in [7, 11) is 1.35. The van der Waals surface area contributed by atoms with Crippen molar-refractivity contribution in [3.8, 4) is 0 Å². The number of likely N-dealkylation sites (N-methyl/N-ethyl adjacent to an activating group) is 1. The topological polar surface area (TPSA) is 94.1 Å². The first-order valence-corrected chi connectivity index (χ1v) is 30.5. The summed E-state index contributed by atoms with van der Waals surface area (Å²) in [4.78, 5) is 25.3. The van der Waals surface area contributed by atoms with Crippen LogP contribution in [0.15, 0.2) is 60.8 Å². The molecule has 0 saturated carbocycles. The number of carbonyl (C=O) groups is 1. The van der Waals surface area contributed by atoms with E-state index in [2.05, 4.69) is 74.6 Å². The second-order valence-corrected chi connectivity index (χ2v) is 22.1. The number of hydrogen-bond acceptors (Lipinski definition) is 7. The molecule has 0 rings (SSSR count).